The number of likely N-dealkylation sites (N-methyl/N-ethyl adjacent to an activating group) is 1. The smallest absolute Gasteiger partial charge is 0.191 e. The highest BCUT2D eigenvalue weighted by atomic mass is 16.5. The van der Waals surface area contributed by atoms with Gasteiger partial charge in [-0.15, -0.1) is 0 Å². The molecule has 0 aliphatic carbocycles. The third kappa shape index (κ3) is 7.66. The van der Waals surface area contributed by atoms with Crippen LogP contribution in [0.3, 0.4) is 0 Å². The van der Waals surface area contributed by atoms with Crippen LogP contribution < -0.4 is 20.1 Å². The van der Waals surface area contributed by atoms with Crippen molar-refractivity contribution in [2.75, 3.05) is 68.3 Å². The normalized spacial score (nSPS) is 17.8. The van der Waals surface area contributed by atoms with Crippen molar-refractivity contribution in [3.05, 3.63) is 23.8 Å². The topological polar surface area (TPSA) is 76.6 Å². The molecule has 0 bridgehead atoms. The van der Waals surface area contributed by atoms with E-state index in [9.17, 15) is 0 Å². The number of methoxy groups -OCH3 is 2. The predicted molar refractivity (Wildman–Crippen MR) is 120 cm³/mol. The van der Waals surface area contributed by atoms with Crippen LogP contribution in [0, 0.1) is 0 Å². The minimum absolute atomic E-state index is 0.151. The van der Waals surface area contributed by atoms with Gasteiger partial charge < -0.3 is 34.5 Å². The molecule has 0 amide bonds. The Labute approximate surface area is 180 Å². The summed E-state index contributed by atoms with van der Waals surface area (Å²) in [6.45, 7) is 3.79. The molecule has 8 nitrogen and oxygen atoms in total. The Morgan fingerprint density at radius 3 is 2.67 bits per heavy atom. The van der Waals surface area contributed by atoms with E-state index in [4.69, 9.17) is 18.9 Å². The molecule has 0 saturated carbocycles. The van der Waals surface area contributed by atoms with Crippen molar-refractivity contribution >= 4 is 5.96 Å². The van der Waals surface area contributed by atoms with Crippen LogP contribution in [0.5, 0.6) is 11.5 Å². The SMILES string of the molecule is CN=C(NCCCOCC1CCCO1)NCC(c1ccc(OC)c(OC)c1)N(C)C. The van der Waals surface area contributed by atoms with Gasteiger partial charge in [0.05, 0.1) is 33.0 Å². The predicted octanol–water partition coefficient (Wildman–Crippen LogP) is 2.06. The van der Waals surface area contributed by atoms with Gasteiger partial charge in [0, 0.05) is 33.4 Å². The second-order valence-electron chi connectivity index (χ2n) is 7.54. The van der Waals surface area contributed by atoms with Crippen molar-refractivity contribution in [1.82, 2.24) is 15.5 Å². The van der Waals surface area contributed by atoms with E-state index in [-0.39, 0.29) is 12.1 Å². The van der Waals surface area contributed by atoms with E-state index >= 15 is 0 Å². The van der Waals surface area contributed by atoms with Gasteiger partial charge in [-0.1, -0.05) is 6.07 Å². The van der Waals surface area contributed by atoms with Gasteiger partial charge in [0.2, 0.25) is 0 Å². The molecule has 0 aromatic heterocycles. The number of nitrogens with zero attached hydrogens (tertiary/aromatic N) is 2. The van der Waals surface area contributed by atoms with Crippen LogP contribution in [0.15, 0.2) is 23.2 Å². The molecule has 2 unspecified atom stereocenters. The summed E-state index contributed by atoms with van der Waals surface area (Å²) < 4.78 is 22.1. The summed E-state index contributed by atoms with van der Waals surface area (Å²) in [5.41, 5.74) is 1.14. The zero-order valence-electron chi connectivity index (χ0n) is 19.1. The first-order valence-corrected chi connectivity index (χ1v) is 10.6. The fourth-order valence-corrected chi connectivity index (χ4v) is 3.44. The molecule has 1 aliphatic heterocycles. The van der Waals surface area contributed by atoms with Gasteiger partial charge in [0.1, 0.15) is 0 Å². The zero-order chi connectivity index (χ0) is 21.8. The van der Waals surface area contributed by atoms with Crippen molar-refractivity contribution in [2.45, 2.75) is 31.4 Å². The van der Waals surface area contributed by atoms with Gasteiger partial charge in [0.15, 0.2) is 17.5 Å². The number of benzene rings is 1. The minimum atomic E-state index is 0.151. The van der Waals surface area contributed by atoms with Gasteiger partial charge in [-0.05, 0) is 51.1 Å². The number of ether oxygens (including phenoxy) is 4. The van der Waals surface area contributed by atoms with Crippen LogP contribution in [0.2, 0.25) is 0 Å². The summed E-state index contributed by atoms with van der Waals surface area (Å²) in [6, 6.07) is 6.18. The second kappa shape index (κ2) is 13.3. The van der Waals surface area contributed by atoms with Gasteiger partial charge in [-0.3, -0.25) is 4.99 Å². The lowest BCUT2D eigenvalue weighted by Crippen LogP contribution is -2.42. The van der Waals surface area contributed by atoms with E-state index in [0.717, 1.165) is 62.0 Å². The lowest BCUT2D eigenvalue weighted by molar-refractivity contribution is 0.0168. The van der Waals surface area contributed by atoms with Gasteiger partial charge in [0.25, 0.3) is 0 Å². The van der Waals surface area contributed by atoms with Crippen LogP contribution in [0.1, 0.15) is 30.9 Å². The van der Waals surface area contributed by atoms with Crippen molar-refractivity contribution < 1.29 is 18.9 Å². The Morgan fingerprint density at radius 1 is 1.23 bits per heavy atom. The second-order valence-corrected chi connectivity index (χ2v) is 7.54. The summed E-state index contributed by atoms with van der Waals surface area (Å²) in [6.07, 6.45) is 3.46. The van der Waals surface area contributed by atoms with Crippen LogP contribution >= 0.6 is 0 Å². The number of hydrogen-bond acceptors (Lipinski definition) is 6. The highest BCUT2D eigenvalue weighted by Gasteiger charge is 2.17. The molecule has 30 heavy (non-hydrogen) atoms. The Hall–Kier alpha value is -2.03. The number of rotatable bonds is 12. The summed E-state index contributed by atoms with van der Waals surface area (Å²) >= 11 is 0. The maximum atomic E-state index is 5.71. The first-order valence-electron chi connectivity index (χ1n) is 10.6. The average molecular weight is 423 g/mol. The molecule has 2 atom stereocenters. The molecule has 0 spiro atoms. The molecule has 2 rings (SSSR count). The highest BCUT2D eigenvalue weighted by Crippen LogP contribution is 2.31. The van der Waals surface area contributed by atoms with Crippen LogP contribution in [-0.4, -0.2) is 85.2 Å². The summed E-state index contributed by atoms with van der Waals surface area (Å²) in [5, 5.41) is 6.76. The van der Waals surface area contributed by atoms with Crippen molar-refractivity contribution in [1.29, 1.82) is 0 Å². The Morgan fingerprint density at radius 2 is 2.03 bits per heavy atom. The lowest BCUT2D eigenvalue weighted by atomic mass is 10.1. The van der Waals surface area contributed by atoms with E-state index in [1.54, 1.807) is 21.3 Å². The molecule has 1 aromatic rings. The first-order chi connectivity index (χ1) is 14.6. The lowest BCUT2D eigenvalue weighted by Gasteiger charge is -2.26. The Bertz CT molecular complexity index is 648. The largest absolute Gasteiger partial charge is 0.493 e. The summed E-state index contributed by atoms with van der Waals surface area (Å²) in [7, 11) is 9.20. The number of hydrogen-bond donors (Lipinski definition) is 2. The Kier molecular flexibility index (Phi) is 10.8. The summed E-state index contributed by atoms with van der Waals surface area (Å²) in [5.74, 6) is 2.24. The molecule has 1 heterocycles. The monoisotopic (exact) mass is 422 g/mol. The number of nitrogens with one attached hydrogen (secondary N) is 2. The summed E-state index contributed by atoms with van der Waals surface area (Å²) in [4.78, 5) is 6.49. The van der Waals surface area contributed by atoms with E-state index < -0.39 is 0 Å². The molecule has 170 valence electrons. The van der Waals surface area contributed by atoms with Gasteiger partial charge in [-0.2, -0.15) is 0 Å². The minimum Gasteiger partial charge on any atom is -0.493 e. The maximum Gasteiger partial charge on any atom is 0.191 e. The van der Waals surface area contributed by atoms with Crippen LogP contribution in [-0.2, 0) is 9.47 Å². The quantitative estimate of drug-likeness (QED) is 0.303. The fraction of sp³-hybridized carbons (Fsp3) is 0.682. The Balaban J connectivity index is 1.76. The molecule has 1 aromatic carbocycles. The van der Waals surface area contributed by atoms with Gasteiger partial charge in [-0.25, -0.2) is 0 Å². The van der Waals surface area contributed by atoms with E-state index in [0.29, 0.717) is 13.2 Å². The average Bonchev–Trinajstić information content (AvgIpc) is 3.27. The van der Waals surface area contributed by atoms with E-state index in [2.05, 4.69) is 40.7 Å². The maximum absolute atomic E-state index is 5.71. The molecular formula is C22H38N4O4. The molecule has 1 fully saturated rings. The van der Waals surface area contributed by atoms with E-state index in [1.165, 1.54) is 0 Å². The molecule has 0 radical (unpaired) electrons. The highest BCUT2D eigenvalue weighted by molar-refractivity contribution is 5.79. The van der Waals surface area contributed by atoms with Crippen LogP contribution in [0.4, 0.5) is 0 Å². The zero-order valence-corrected chi connectivity index (χ0v) is 19.1. The first kappa shape index (κ1) is 24.2. The fourth-order valence-electron chi connectivity index (χ4n) is 3.44. The van der Waals surface area contributed by atoms with Crippen LogP contribution in [0.25, 0.3) is 0 Å². The molecule has 2 N–H and O–H groups in total. The van der Waals surface area contributed by atoms with Crippen molar-refractivity contribution in [2.24, 2.45) is 4.99 Å². The molecule has 8 heteroatoms. The molecule has 1 aliphatic rings. The third-order valence-corrected chi connectivity index (χ3v) is 5.19. The third-order valence-electron chi connectivity index (χ3n) is 5.19. The molecule has 1 saturated heterocycles. The number of aliphatic imine (C=N–C) groups is 1. The van der Waals surface area contributed by atoms with Crippen molar-refractivity contribution in [3.63, 3.8) is 0 Å². The number of guanidine groups is 1. The standard InChI is InChI=1S/C22H38N4O4/c1-23-22(24-11-7-12-29-16-18-8-6-13-30-18)25-15-19(26(2)3)17-9-10-20(27-4)21(14-17)28-5/h9-10,14,18-19H,6-8,11-13,15-16H2,1-5H3,(H2,23,24,25). The van der Waals surface area contributed by atoms with Crippen molar-refractivity contribution in [3.8, 4) is 11.5 Å². The van der Waals surface area contributed by atoms with E-state index in [1.807, 2.05) is 12.1 Å². The molecular weight excluding hydrogens is 384 g/mol. The van der Waals surface area contributed by atoms with Gasteiger partial charge >= 0.3 is 0 Å².